The third-order valence-corrected chi connectivity index (χ3v) is 16.5. The van der Waals surface area contributed by atoms with Crippen LogP contribution in [0, 0.1) is 5.92 Å². The van der Waals surface area contributed by atoms with Gasteiger partial charge in [-0.25, -0.2) is 0 Å². The van der Waals surface area contributed by atoms with E-state index in [1.54, 1.807) is 22.3 Å². The predicted molar refractivity (Wildman–Crippen MR) is 276 cm³/mol. The molecule has 3 heteroatoms. The summed E-state index contributed by atoms with van der Waals surface area (Å²) < 4.78 is 5.27. The SMILES string of the molecule is CCCCCCC1(CCCCCC)c2cc(Br)ccc2-c2cc3c(cc21)c1cc2c(cc1n3CC(CC)CCCC)-c1ccc(Br)cc1C2(CCCCCC)CCCCCC. The Labute approximate surface area is 388 Å². The lowest BCUT2D eigenvalue weighted by Gasteiger charge is -2.33. The van der Waals surface area contributed by atoms with Gasteiger partial charge in [-0.15, -0.1) is 0 Å². The van der Waals surface area contributed by atoms with Crippen molar-refractivity contribution in [1.29, 1.82) is 0 Å². The molecule has 0 bridgehead atoms. The van der Waals surface area contributed by atoms with Crippen molar-refractivity contribution in [2.75, 3.05) is 0 Å². The van der Waals surface area contributed by atoms with Crippen molar-refractivity contribution in [3.8, 4) is 22.3 Å². The van der Waals surface area contributed by atoms with Crippen LogP contribution in [0.25, 0.3) is 44.1 Å². The van der Waals surface area contributed by atoms with Crippen molar-refractivity contribution in [1.82, 2.24) is 4.57 Å². The summed E-state index contributed by atoms with van der Waals surface area (Å²) in [7, 11) is 0. The molecule has 1 heterocycles. The van der Waals surface area contributed by atoms with Crippen LogP contribution < -0.4 is 0 Å². The van der Waals surface area contributed by atoms with Crippen molar-refractivity contribution < 1.29 is 0 Å². The Balaban J connectivity index is 1.51. The first-order valence-electron chi connectivity index (χ1n) is 25.6. The Bertz CT molecular complexity index is 2050. The van der Waals surface area contributed by atoms with Gasteiger partial charge < -0.3 is 4.57 Å². The molecule has 0 aliphatic heterocycles. The molecule has 2 aliphatic rings. The molecule has 4 aromatic carbocycles. The Morgan fingerprint density at radius 2 is 0.803 bits per heavy atom. The summed E-state index contributed by atoms with van der Waals surface area (Å²) in [6.07, 6.45) is 31.0. The zero-order valence-electron chi connectivity index (χ0n) is 39.2. The van der Waals surface area contributed by atoms with Gasteiger partial charge in [0.25, 0.3) is 0 Å². The van der Waals surface area contributed by atoms with Gasteiger partial charge in [0.1, 0.15) is 0 Å². The maximum atomic E-state index is 3.99. The van der Waals surface area contributed by atoms with Crippen molar-refractivity contribution in [3.63, 3.8) is 0 Å². The highest BCUT2D eigenvalue weighted by Gasteiger charge is 2.45. The minimum Gasteiger partial charge on any atom is -0.340 e. The third kappa shape index (κ3) is 9.42. The van der Waals surface area contributed by atoms with Crippen LogP contribution in [0.5, 0.6) is 0 Å². The van der Waals surface area contributed by atoms with Crippen LogP contribution in [0.15, 0.2) is 69.6 Å². The van der Waals surface area contributed by atoms with E-state index in [0.717, 1.165) is 6.54 Å². The number of halogens is 2. The number of aromatic nitrogens is 1. The van der Waals surface area contributed by atoms with Crippen molar-refractivity contribution in [3.05, 3.63) is 91.9 Å². The average molecular weight is 950 g/mol. The van der Waals surface area contributed by atoms with E-state index < -0.39 is 0 Å². The van der Waals surface area contributed by atoms with E-state index in [9.17, 15) is 0 Å². The first-order chi connectivity index (χ1) is 29.8. The molecule has 5 aromatic rings. The van der Waals surface area contributed by atoms with Crippen molar-refractivity contribution in [2.45, 2.75) is 213 Å². The van der Waals surface area contributed by atoms with E-state index in [1.165, 1.54) is 207 Å². The van der Waals surface area contributed by atoms with Gasteiger partial charge >= 0.3 is 0 Å². The molecule has 2 aliphatic carbocycles. The van der Waals surface area contributed by atoms with Crippen LogP contribution in [0.1, 0.15) is 218 Å². The number of benzene rings is 4. The average Bonchev–Trinajstić information content (AvgIpc) is 3.81. The number of unbranched alkanes of at least 4 members (excludes halogenated alkanes) is 13. The highest BCUT2D eigenvalue weighted by Crippen LogP contribution is 2.59. The molecule has 7 rings (SSSR count). The molecule has 330 valence electrons. The fourth-order valence-electron chi connectivity index (χ4n) is 12.1. The summed E-state index contributed by atoms with van der Waals surface area (Å²) in [6, 6.07) is 25.5. The first kappa shape index (κ1) is 46.6. The van der Waals surface area contributed by atoms with Crippen LogP contribution in [0.3, 0.4) is 0 Å². The van der Waals surface area contributed by atoms with Crippen LogP contribution in [-0.2, 0) is 17.4 Å². The molecule has 61 heavy (non-hydrogen) atoms. The van der Waals surface area contributed by atoms with Crippen LogP contribution >= 0.6 is 31.9 Å². The van der Waals surface area contributed by atoms with Gasteiger partial charge in [-0.05, 0) is 131 Å². The fourth-order valence-corrected chi connectivity index (χ4v) is 12.8. The number of hydrogen-bond donors (Lipinski definition) is 0. The highest BCUT2D eigenvalue weighted by molar-refractivity contribution is 9.10. The number of fused-ring (bicyclic) bond motifs is 9. The van der Waals surface area contributed by atoms with Crippen molar-refractivity contribution >= 4 is 53.7 Å². The fraction of sp³-hybridized carbons (Fsp3) is 0.586. The Hall–Kier alpha value is -2.36. The van der Waals surface area contributed by atoms with Crippen molar-refractivity contribution in [2.24, 2.45) is 5.92 Å². The minimum absolute atomic E-state index is 0.0488. The summed E-state index contributed by atoms with van der Waals surface area (Å²) in [5.74, 6) is 0.666. The summed E-state index contributed by atoms with van der Waals surface area (Å²) in [6.45, 7) is 15.3. The Morgan fingerprint density at radius 1 is 0.426 bits per heavy atom. The van der Waals surface area contributed by atoms with Gasteiger partial charge in [0, 0.05) is 48.1 Å². The second kappa shape index (κ2) is 21.5. The zero-order valence-corrected chi connectivity index (χ0v) is 42.4. The van der Waals surface area contributed by atoms with Crippen LogP contribution in [0.2, 0.25) is 0 Å². The third-order valence-electron chi connectivity index (χ3n) is 15.6. The molecule has 0 saturated carbocycles. The molecule has 1 unspecified atom stereocenters. The lowest BCUT2D eigenvalue weighted by Crippen LogP contribution is -2.25. The molecule has 0 spiro atoms. The number of nitrogens with zero attached hydrogens (tertiary/aromatic N) is 1. The van der Waals surface area contributed by atoms with Gasteiger partial charge in [-0.3, -0.25) is 0 Å². The second-order valence-electron chi connectivity index (χ2n) is 19.6. The van der Waals surface area contributed by atoms with Gasteiger partial charge in [0.05, 0.1) is 0 Å². The molecule has 0 amide bonds. The van der Waals surface area contributed by atoms with Gasteiger partial charge in [-0.2, -0.15) is 0 Å². The molecule has 1 nitrogen and oxygen atoms in total. The summed E-state index contributed by atoms with van der Waals surface area (Å²) in [4.78, 5) is 0. The Morgan fingerprint density at radius 3 is 1.16 bits per heavy atom. The molecule has 0 saturated heterocycles. The van der Waals surface area contributed by atoms with E-state index in [1.807, 2.05) is 0 Å². The molecule has 1 aromatic heterocycles. The summed E-state index contributed by atoms with van der Waals surface area (Å²) in [5.41, 5.74) is 15.4. The second-order valence-corrected chi connectivity index (χ2v) is 21.5. The quantitative estimate of drug-likeness (QED) is 0.0487. The van der Waals surface area contributed by atoms with E-state index >= 15 is 0 Å². The summed E-state index contributed by atoms with van der Waals surface area (Å²) >= 11 is 7.97. The Kier molecular flexibility index (Phi) is 16.5. The molecule has 0 fully saturated rings. The van der Waals surface area contributed by atoms with Gasteiger partial charge in [0.15, 0.2) is 0 Å². The maximum Gasteiger partial charge on any atom is 0.0497 e. The van der Waals surface area contributed by atoms with Gasteiger partial charge in [0.2, 0.25) is 0 Å². The highest BCUT2D eigenvalue weighted by atomic mass is 79.9. The lowest BCUT2D eigenvalue weighted by molar-refractivity contribution is 0.399. The van der Waals surface area contributed by atoms with E-state index in [2.05, 4.69) is 139 Å². The molecule has 0 N–H and O–H groups in total. The van der Waals surface area contributed by atoms with Crippen LogP contribution in [0.4, 0.5) is 0 Å². The zero-order chi connectivity index (χ0) is 43.0. The first-order valence-corrected chi connectivity index (χ1v) is 27.1. The maximum absolute atomic E-state index is 3.99. The monoisotopic (exact) mass is 947 g/mol. The predicted octanol–water partition coefficient (Wildman–Crippen LogP) is 20.0. The molecule has 1 atom stereocenters. The lowest BCUT2D eigenvalue weighted by atomic mass is 9.70. The van der Waals surface area contributed by atoms with Gasteiger partial charge in [-0.1, -0.05) is 208 Å². The molecular formula is C58H79Br2N. The van der Waals surface area contributed by atoms with E-state index in [4.69, 9.17) is 0 Å². The minimum atomic E-state index is 0.0488. The number of rotatable bonds is 26. The molecule has 0 radical (unpaired) electrons. The largest absolute Gasteiger partial charge is 0.340 e. The summed E-state index contributed by atoms with van der Waals surface area (Å²) in [5, 5.41) is 3.01. The van der Waals surface area contributed by atoms with Crippen LogP contribution in [-0.4, -0.2) is 4.57 Å². The topological polar surface area (TPSA) is 4.93 Å². The molecular weight excluding hydrogens is 870 g/mol. The smallest absolute Gasteiger partial charge is 0.0497 e. The van der Waals surface area contributed by atoms with E-state index in [-0.39, 0.29) is 10.8 Å². The van der Waals surface area contributed by atoms with E-state index in [0.29, 0.717) is 5.92 Å². The standard InChI is InChI=1S/C58H79Br2N/c1-7-13-18-22-31-57(32-23-19-14-8-2)51-35-43(59)27-29-45(51)47-39-55-49(37-53(47)57)50-38-54-48(40-56(50)61(55)41-42(12-6)26-17-11-5)46-30-28-44(60)36-52(46)58(54,33-24-20-15-9-3)34-25-21-16-10-4/h27-30,35-40,42H,7-26,31-34,41H2,1-6H3. The normalized spacial score (nSPS) is 15.1. The number of hydrogen-bond acceptors (Lipinski definition) is 0.